The van der Waals surface area contributed by atoms with Gasteiger partial charge in [-0.15, -0.1) is 0 Å². The summed E-state index contributed by atoms with van der Waals surface area (Å²) in [6, 6.07) is -9.45. The molecule has 0 spiro atoms. The van der Waals surface area contributed by atoms with Crippen molar-refractivity contribution in [1.82, 2.24) is 63.8 Å². The van der Waals surface area contributed by atoms with E-state index in [0.29, 0.717) is 30.4 Å². The highest BCUT2D eigenvalue weighted by atomic mass is 16.4. The summed E-state index contributed by atoms with van der Waals surface area (Å²) in [5, 5.41) is 122. The van der Waals surface area contributed by atoms with E-state index < -0.39 is 230 Å². The molecule has 0 fully saturated rings. The number of benzene rings is 2. The number of carbonyl (C=O) groups excluding carboxylic acids is 12. The SMILES string of the molecule is CC(O)C(NC(=O)C(CCCN)NC(=O)C(CC(O)CN=C(N)N)NC(=O)C(N)CCCN=C(N)N)C(=O)NC(CCCN)C(=O)NC(CC(O)CN=C(N)N)C(=O)NC(Cc1ccc(O)cc1)C(=O)O.CC(O)C(NC(=O)C(CCCN)NC(=O)C(CC(O)CN=C(N)N)NC(=O)C(N)CCCN=C(N)N)C(=O)NC(CCCN)C(=O)NC(CCCCN)C(=O)NC(Cc1ccc(O)cc1)C(=O)O. The van der Waals surface area contributed by atoms with Crippen LogP contribution in [0.25, 0.3) is 0 Å². The molecule has 0 aromatic heterocycles. The van der Waals surface area contributed by atoms with Gasteiger partial charge in [0.1, 0.15) is 84.0 Å². The van der Waals surface area contributed by atoms with E-state index in [1.807, 2.05) is 0 Å². The molecule has 0 saturated carbocycles. The Morgan fingerprint density at radius 2 is 0.504 bits per heavy atom. The second-order valence-corrected chi connectivity index (χ2v) is 32.6. The van der Waals surface area contributed by atoms with Crippen molar-refractivity contribution in [2.24, 2.45) is 122 Å². The van der Waals surface area contributed by atoms with Crippen molar-refractivity contribution in [1.29, 1.82) is 0 Å². The normalized spacial score (nSPS) is 15.1. The minimum Gasteiger partial charge on any atom is -0.508 e. The van der Waals surface area contributed by atoms with Gasteiger partial charge in [0.2, 0.25) is 70.9 Å². The molecule has 2 aromatic rings. The smallest absolute Gasteiger partial charge is 0.326 e. The second-order valence-electron chi connectivity index (χ2n) is 32.6. The van der Waals surface area contributed by atoms with E-state index in [2.05, 4.69) is 88.8 Å². The number of aromatic hydroxyl groups is 2. The zero-order chi connectivity index (χ0) is 105. The summed E-state index contributed by atoms with van der Waals surface area (Å²) in [4.78, 5) is 208. The lowest BCUT2D eigenvalue weighted by atomic mass is 10.0. The van der Waals surface area contributed by atoms with E-state index in [9.17, 15) is 113 Å². The van der Waals surface area contributed by atoms with Crippen LogP contribution in [0.4, 0.5) is 0 Å². The number of unbranched alkanes of at least 4 members (excludes halogenated alkanes) is 1. The number of aliphatic hydroxyl groups is 5. The van der Waals surface area contributed by atoms with Crippen LogP contribution in [0.1, 0.15) is 141 Å². The third-order valence-corrected chi connectivity index (χ3v) is 20.5. The van der Waals surface area contributed by atoms with Crippen molar-refractivity contribution < 1.29 is 113 Å². The Morgan fingerprint density at radius 3 is 0.748 bits per heavy atom. The molecule has 57 heteroatoms. The maximum absolute atomic E-state index is 13.9. The van der Waals surface area contributed by atoms with E-state index in [4.69, 9.17) is 97.5 Å². The predicted molar refractivity (Wildman–Crippen MR) is 511 cm³/mol. The molecule has 2 rings (SSSR count). The molecule has 0 aliphatic carbocycles. The van der Waals surface area contributed by atoms with Gasteiger partial charge in [0.25, 0.3) is 0 Å². The molecule has 0 aliphatic rings. The number of nitrogens with one attached hydrogen (secondary N) is 12. The van der Waals surface area contributed by atoms with Crippen LogP contribution in [-0.4, -0.2) is 339 Å². The number of amides is 12. The summed E-state index contributed by atoms with van der Waals surface area (Å²) in [7, 11) is 0. The maximum atomic E-state index is 13.9. The van der Waals surface area contributed by atoms with Crippen molar-refractivity contribution in [2.75, 3.05) is 65.4 Å². The third kappa shape index (κ3) is 52.6. The van der Waals surface area contributed by atoms with E-state index in [1.165, 1.54) is 55.5 Å². The Kier molecular flexibility index (Phi) is 60.1. The third-order valence-electron chi connectivity index (χ3n) is 20.5. The van der Waals surface area contributed by atoms with Gasteiger partial charge < -0.3 is 207 Å². The first kappa shape index (κ1) is 123. The molecule has 784 valence electrons. The molecule has 19 unspecified atom stereocenters. The van der Waals surface area contributed by atoms with Gasteiger partial charge in [-0.25, -0.2) is 9.59 Å². The quantitative estimate of drug-likeness (QED) is 0.0166. The second kappa shape index (κ2) is 67.7. The molecule has 0 saturated heterocycles. The molecule has 57 nitrogen and oxygen atoms in total. The monoisotopic (exact) mass is 1980 g/mol. The summed E-state index contributed by atoms with van der Waals surface area (Å²) in [6.45, 7) is 1.95. The fourth-order valence-corrected chi connectivity index (χ4v) is 13.0. The van der Waals surface area contributed by atoms with Crippen molar-refractivity contribution in [3.05, 3.63) is 59.7 Å². The molecular weight excluding hydrogens is 1830 g/mol. The van der Waals surface area contributed by atoms with Gasteiger partial charge >= 0.3 is 11.9 Å². The molecule has 0 radical (unpaired) electrons. The highest BCUT2D eigenvalue weighted by molar-refractivity contribution is 6.00. The largest absolute Gasteiger partial charge is 0.508 e. The number of aliphatic hydroxyl groups excluding tert-OH is 5. The van der Waals surface area contributed by atoms with Crippen LogP contribution in [0.15, 0.2) is 73.5 Å². The number of carbonyl (C=O) groups is 14. The van der Waals surface area contributed by atoms with Crippen LogP contribution in [0.3, 0.4) is 0 Å². The summed E-state index contributed by atoms with van der Waals surface area (Å²) in [5.74, 6) is -15.9. The minimum atomic E-state index is -1.81. The Bertz CT molecular complexity index is 4310. The molecule has 12 amide bonds. The molecule has 0 bridgehead atoms. The molecule has 55 N–H and O–H groups in total. The topological polar surface area (TPSA) is 1070 Å². The first-order valence-corrected chi connectivity index (χ1v) is 44.9. The van der Waals surface area contributed by atoms with Crippen LogP contribution < -0.4 is 161 Å². The number of phenolic OH excluding ortho intramolecular Hbond substituents is 2. The average molecular weight is 1980 g/mol. The predicted octanol–water partition coefficient (Wildman–Crippen LogP) is -15.5. The number of nitrogens with two attached hydrogens (primary N) is 17. The highest BCUT2D eigenvalue weighted by Crippen LogP contribution is 2.18. The summed E-state index contributed by atoms with van der Waals surface area (Å²) in [5.41, 5.74) is 95.1. The first-order chi connectivity index (χ1) is 65.5. The van der Waals surface area contributed by atoms with Crippen LogP contribution in [0.2, 0.25) is 0 Å². The van der Waals surface area contributed by atoms with Crippen LogP contribution in [-0.2, 0) is 80.0 Å². The number of nitrogens with zero attached hydrogens (tertiary/aromatic N) is 5. The number of aliphatic imine (C=N–C) groups is 5. The molecule has 0 aliphatic heterocycles. The zero-order valence-corrected chi connectivity index (χ0v) is 78.1. The number of rotatable bonds is 68. The number of carboxylic acids is 2. The lowest BCUT2D eigenvalue weighted by Gasteiger charge is -2.29. The van der Waals surface area contributed by atoms with Gasteiger partial charge in [-0.2, -0.15) is 0 Å². The summed E-state index contributed by atoms with van der Waals surface area (Å²) >= 11 is 0. The zero-order valence-electron chi connectivity index (χ0n) is 78.1. The number of hydrogen-bond donors (Lipinski definition) is 38. The van der Waals surface area contributed by atoms with Crippen molar-refractivity contribution in [3.8, 4) is 11.5 Å². The van der Waals surface area contributed by atoms with Crippen molar-refractivity contribution >= 4 is 113 Å². The molecule has 19 atom stereocenters. The van der Waals surface area contributed by atoms with Crippen molar-refractivity contribution in [2.45, 2.75) is 257 Å². The summed E-state index contributed by atoms with van der Waals surface area (Å²) in [6.07, 6.45) is -7.61. The van der Waals surface area contributed by atoms with Gasteiger partial charge in [0, 0.05) is 45.2 Å². The Morgan fingerprint density at radius 1 is 0.281 bits per heavy atom. The Hall–Kier alpha value is -13.5. The number of hydrogen-bond acceptors (Lipinski definition) is 33. The number of guanidine groups is 5. The molecule has 2 aromatic carbocycles. The Balaban J connectivity index is 0.00000139. The highest BCUT2D eigenvalue weighted by Gasteiger charge is 2.40. The van der Waals surface area contributed by atoms with Gasteiger partial charge in [-0.05, 0) is 178 Å². The van der Waals surface area contributed by atoms with Crippen LogP contribution in [0.5, 0.6) is 11.5 Å². The molecular formula is C82H148N34O23. The maximum Gasteiger partial charge on any atom is 0.326 e. The fraction of sp³-hybridized carbons (Fsp3) is 0.622. The van der Waals surface area contributed by atoms with Gasteiger partial charge in [0.05, 0.1) is 62.2 Å². The van der Waals surface area contributed by atoms with E-state index in [0.717, 1.165) is 6.92 Å². The standard InChI is InChI=1S/C41H74N18O12.C41H74N16O11/c1-20(60)31(59-34(66)27(7-3-13-43)54-35(67)28(16-23(62)18-52-40(47)48)56-32(64)25(44)5-4-14-51-39(45)46)37(69)55-26(6-2-12-42)33(65)57-29(17-24(63)19-53-41(49)50)36(68)58-30(38(70)71)15-21-8-10-22(61)11-9-21;1-22(58)32(57-36(64)29(10-5-17-44)53-37(65)30(20-25(60)21-51-41(48)49)55-33(61)26(45)7-6-18-50-40(46)47)38(66)54-28(9-4-16-43)34(62)52-27(8-2-3-15-42)35(63)56-31(39(67)68)19-23-11-13-24(59)14-12-23/h8-11,20,23-31,60-63H,2-7,12-19,42-44H2,1H3,(H,54,67)(H,55,69)(H,56,64)(H,57,65)(H,58,68)(H,59,66)(H,70,71)(H4,45,46,51)(H4,47,48,52)(H4,49,50,53);11-14,22,25-32,58-60H,2-10,15-21,42-45H2,1H3,(H,52,62)(H,53,65)(H,54,66)(H,55,61)(H,56,63)(H,57,64)(H,67,68)(H4,46,47,50)(H4,48,49,51). The lowest BCUT2D eigenvalue weighted by molar-refractivity contribution is -0.142. The summed E-state index contributed by atoms with van der Waals surface area (Å²) < 4.78 is 0. The Labute approximate surface area is 802 Å². The van der Waals surface area contributed by atoms with E-state index in [-0.39, 0.29) is 184 Å². The molecule has 0 heterocycles. The van der Waals surface area contributed by atoms with E-state index in [1.54, 1.807) is 0 Å². The van der Waals surface area contributed by atoms with Gasteiger partial charge in [-0.3, -0.25) is 82.5 Å². The van der Waals surface area contributed by atoms with Gasteiger partial charge in [0.15, 0.2) is 29.8 Å². The van der Waals surface area contributed by atoms with E-state index >= 15 is 0 Å². The first-order valence-electron chi connectivity index (χ1n) is 44.9. The average Bonchev–Trinajstić information content (AvgIpc) is 0.840. The number of aliphatic carboxylic acids is 2. The minimum absolute atomic E-state index is 0.00949. The fourth-order valence-electron chi connectivity index (χ4n) is 13.0. The molecule has 139 heavy (non-hydrogen) atoms. The lowest BCUT2D eigenvalue weighted by Crippen LogP contribution is -2.62. The van der Waals surface area contributed by atoms with Crippen LogP contribution in [0, 0.1) is 0 Å². The van der Waals surface area contributed by atoms with Crippen molar-refractivity contribution in [3.63, 3.8) is 0 Å². The number of phenols is 2. The van der Waals surface area contributed by atoms with Gasteiger partial charge in [-0.1, -0.05) is 24.3 Å². The van der Waals surface area contributed by atoms with Crippen LogP contribution >= 0.6 is 0 Å². The number of carboxylic acid groups (broad SMARTS) is 2.